The van der Waals surface area contributed by atoms with Crippen molar-refractivity contribution >= 4 is 5.57 Å². The van der Waals surface area contributed by atoms with Crippen LogP contribution in [0.25, 0.3) is 5.57 Å². The van der Waals surface area contributed by atoms with Crippen LogP contribution in [0.4, 0.5) is 0 Å². The van der Waals surface area contributed by atoms with Gasteiger partial charge in [0.05, 0.1) is 0 Å². The van der Waals surface area contributed by atoms with Gasteiger partial charge in [-0.15, -0.1) is 0 Å². The summed E-state index contributed by atoms with van der Waals surface area (Å²) in [4.78, 5) is 0. The average molecular weight is 226 g/mol. The van der Waals surface area contributed by atoms with Gasteiger partial charge in [-0.05, 0) is 42.5 Å². The van der Waals surface area contributed by atoms with Crippen molar-refractivity contribution in [2.24, 2.45) is 0 Å². The zero-order chi connectivity index (χ0) is 12.6. The average Bonchev–Trinajstić information content (AvgIpc) is 2.49. The van der Waals surface area contributed by atoms with E-state index in [1.807, 2.05) is 0 Å². The highest BCUT2D eigenvalue weighted by Gasteiger charge is 2.35. The van der Waals surface area contributed by atoms with Crippen LogP contribution in [-0.2, 0) is 5.41 Å². The number of rotatable bonds is 2. The summed E-state index contributed by atoms with van der Waals surface area (Å²) in [6, 6.07) is 6.87. The molecule has 0 unspecified atom stereocenters. The van der Waals surface area contributed by atoms with Crippen molar-refractivity contribution < 1.29 is 0 Å². The van der Waals surface area contributed by atoms with Crippen LogP contribution in [0, 0.1) is 6.92 Å². The molecule has 0 heteroatoms. The van der Waals surface area contributed by atoms with Crippen LogP contribution >= 0.6 is 0 Å². The highest BCUT2D eigenvalue weighted by molar-refractivity contribution is 5.82. The van der Waals surface area contributed by atoms with E-state index in [0.29, 0.717) is 0 Å². The number of hydrogen-bond acceptors (Lipinski definition) is 0. The van der Waals surface area contributed by atoms with E-state index >= 15 is 0 Å². The summed E-state index contributed by atoms with van der Waals surface area (Å²) in [5, 5.41) is 0. The third kappa shape index (κ3) is 1.76. The molecule has 0 spiro atoms. The van der Waals surface area contributed by atoms with E-state index in [2.05, 4.69) is 65.0 Å². The molecule has 17 heavy (non-hydrogen) atoms. The number of aryl methyl sites for hydroxylation is 1. The molecular weight excluding hydrogens is 204 g/mol. The Hall–Kier alpha value is -1.30. The third-order valence-electron chi connectivity index (χ3n) is 3.86. The van der Waals surface area contributed by atoms with Crippen LogP contribution in [0.2, 0.25) is 0 Å². The van der Waals surface area contributed by atoms with Crippen molar-refractivity contribution in [2.75, 3.05) is 0 Å². The first-order valence-corrected chi connectivity index (χ1v) is 6.50. The molecule has 90 valence electrons. The molecule has 0 aliphatic heterocycles. The molecule has 1 aromatic rings. The summed E-state index contributed by atoms with van der Waals surface area (Å²) in [6.45, 7) is 11.2. The smallest absolute Gasteiger partial charge is 0.0155 e. The minimum absolute atomic E-state index is 0.152. The number of fused-ring (bicyclic) bond motifs is 1. The molecule has 0 bridgehead atoms. The Bertz CT molecular complexity index is 499. The molecule has 0 N–H and O–H groups in total. The molecule has 0 radical (unpaired) electrons. The van der Waals surface area contributed by atoms with Gasteiger partial charge < -0.3 is 0 Å². The van der Waals surface area contributed by atoms with Crippen molar-refractivity contribution in [3.8, 4) is 0 Å². The van der Waals surface area contributed by atoms with Gasteiger partial charge in [0.15, 0.2) is 0 Å². The second kappa shape index (κ2) is 4.18. The van der Waals surface area contributed by atoms with E-state index < -0.39 is 0 Å². The zero-order valence-electron chi connectivity index (χ0n) is 11.6. The number of allylic oxidation sites excluding steroid dienone is 4. The fourth-order valence-electron chi connectivity index (χ4n) is 2.96. The van der Waals surface area contributed by atoms with Gasteiger partial charge in [0.25, 0.3) is 0 Å². The summed E-state index contributed by atoms with van der Waals surface area (Å²) in [5.41, 5.74) is 7.46. The molecule has 1 aliphatic carbocycles. The third-order valence-corrected chi connectivity index (χ3v) is 3.86. The lowest BCUT2D eigenvalue weighted by molar-refractivity contribution is 0.653. The lowest BCUT2D eigenvalue weighted by Gasteiger charge is -2.23. The largest absolute Gasteiger partial charge is 0.0873 e. The molecule has 0 saturated carbocycles. The molecule has 0 nitrogen and oxygen atoms in total. The molecule has 0 aromatic heterocycles. The van der Waals surface area contributed by atoms with E-state index in [-0.39, 0.29) is 5.41 Å². The van der Waals surface area contributed by atoms with Crippen LogP contribution in [0.15, 0.2) is 35.9 Å². The molecule has 0 atom stereocenters. The standard InChI is InChI=1S/C17H22/c1-6-8-15-13(7-2)14-10-9-12(3)11-16(14)17(15,4)5/h6,8-11H,7H2,1-5H3/b8-6-. The minimum atomic E-state index is 0.152. The number of hydrogen-bond donors (Lipinski definition) is 0. The minimum Gasteiger partial charge on any atom is -0.0873 e. The van der Waals surface area contributed by atoms with Crippen LogP contribution in [0.1, 0.15) is 50.8 Å². The van der Waals surface area contributed by atoms with Gasteiger partial charge in [-0.1, -0.05) is 56.7 Å². The highest BCUT2D eigenvalue weighted by Crippen LogP contribution is 2.48. The second-order valence-corrected chi connectivity index (χ2v) is 5.42. The molecular formula is C17H22. The quantitative estimate of drug-likeness (QED) is 0.663. The Labute approximate surface area is 105 Å². The second-order valence-electron chi connectivity index (χ2n) is 5.42. The normalized spacial score (nSPS) is 17.9. The van der Waals surface area contributed by atoms with Gasteiger partial charge in [0.2, 0.25) is 0 Å². The Morgan fingerprint density at radius 2 is 1.94 bits per heavy atom. The summed E-state index contributed by atoms with van der Waals surface area (Å²) < 4.78 is 0. The van der Waals surface area contributed by atoms with Crippen LogP contribution in [0.3, 0.4) is 0 Å². The fourth-order valence-corrected chi connectivity index (χ4v) is 2.96. The van der Waals surface area contributed by atoms with E-state index in [1.165, 1.54) is 27.8 Å². The van der Waals surface area contributed by atoms with Gasteiger partial charge in [0, 0.05) is 5.41 Å². The Balaban J connectivity index is 2.70. The Kier molecular flexibility index (Phi) is 2.99. The van der Waals surface area contributed by atoms with E-state index in [0.717, 1.165) is 6.42 Å². The van der Waals surface area contributed by atoms with Crippen molar-refractivity contribution in [1.82, 2.24) is 0 Å². The maximum Gasteiger partial charge on any atom is 0.0155 e. The van der Waals surface area contributed by atoms with Gasteiger partial charge in [-0.2, -0.15) is 0 Å². The van der Waals surface area contributed by atoms with E-state index in [4.69, 9.17) is 0 Å². The number of benzene rings is 1. The summed E-state index contributed by atoms with van der Waals surface area (Å²) in [5.74, 6) is 0. The van der Waals surface area contributed by atoms with Crippen LogP contribution in [0.5, 0.6) is 0 Å². The first-order chi connectivity index (χ1) is 8.02. The maximum atomic E-state index is 2.35. The summed E-state index contributed by atoms with van der Waals surface area (Å²) >= 11 is 0. The molecule has 2 rings (SSSR count). The van der Waals surface area contributed by atoms with E-state index in [9.17, 15) is 0 Å². The van der Waals surface area contributed by atoms with E-state index in [1.54, 1.807) is 0 Å². The lowest BCUT2D eigenvalue weighted by Crippen LogP contribution is -2.16. The van der Waals surface area contributed by atoms with Crippen molar-refractivity contribution in [3.05, 3.63) is 52.6 Å². The summed E-state index contributed by atoms with van der Waals surface area (Å²) in [6.07, 6.45) is 5.55. The zero-order valence-corrected chi connectivity index (χ0v) is 11.6. The molecule has 0 fully saturated rings. The predicted octanol–water partition coefficient (Wildman–Crippen LogP) is 5.03. The monoisotopic (exact) mass is 226 g/mol. The van der Waals surface area contributed by atoms with Crippen molar-refractivity contribution in [1.29, 1.82) is 0 Å². The fraction of sp³-hybridized carbons (Fsp3) is 0.412. The van der Waals surface area contributed by atoms with Crippen LogP contribution in [-0.4, -0.2) is 0 Å². The SMILES string of the molecule is C/C=C\C1=C(CC)c2ccc(C)cc2C1(C)C. The molecule has 0 saturated heterocycles. The first-order valence-electron chi connectivity index (χ1n) is 6.50. The van der Waals surface area contributed by atoms with Gasteiger partial charge >= 0.3 is 0 Å². The molecule has 1 aromatic carbocycles. The predicted molar refractivity (Wildman–Crippen MR) is 76.2 cm³/mol. The maximum absolute atomic E-state index is 2.35. The summed E-state index contributed by atoms with van der Waals surface area (Å²) in [7, 11) is 0. The lowest BCUT2D eigenvalue weighted by atomic mass is 9.80. The van der Waals surface area contributed by atoms with Gasteiger partial charge in [-0.25, -0.2) is 0 Å². The molecule has 0 heterocycles. The van der Waals surface area contributed by atoms with Crippen molar-refractivity contribution in [2.45, 2.75) is 46.5 Å². The first kappa shape index (κ1) is 12.2. The van der Waals surface area contributed by atoms with Gasteiger partial charge in [0.1, 0.15) is 0 Å². The van der Waals surface area contributed by atoms with Crippen LogP contribution < -0.4 is 0 Å². The highest BCUT2D eigenvalue weighted by atomic mass is 14.4. The van der Waals surface area contributed by atoms with Gasteiger partial charge in [-0.3, -0.25) is 0 Å². The van der Waals surface area contributed by atoms with Crippen molar-refractivity contribution in [3.63, 3.8) is 0 Å². The topological polar surface area (TPSA) is 0 Å². The Morgan fingerprint density at radius 3 is 2.53 bits per heavy atom. The Morgan fingerprint density at radius 1 is 1.24 bits per heavy atom. The molecule has 0 amide bonds. The molecule has 1 aliphatic rings.